The molecule has 0 aromatic carbocycles. The summed E-state index contributed by atoms with van der Waals surface area (Å²) in [6.45, 7) is 6.34. The van der Waals surface area contributed by atoms with Crippen LogP contribution in [0.2, 0.25) is 0 Å². The molecule has 2 aromatic rings. The largest absolute Gasteiger partial charge is 0.366 e. The third kappa shape index (κ3) is 2.25. The number of halogens is 1. The van der Waals surface area contributed by atoms with Gasteiger partial charge in [-0.3, -0.25) is 14.3 Å². The molecule has 2 atom stereocenters. The number of anilines is 2. The van der Waals surface area contributed by atoms with Crippen molar-refractivity contribution in [2.24, 2.45) is 7.05 Å². The molecule has 2 aliphatic rings. The molecule has 0 saturated carbocycles. The van der Waals surface area contributed by atoms with Gasteiger partial charge in [0.15, 0.2) is 0 Å². The summed E-state index contributed by atoms with van der Waals surface area (Å²) in [6, 6.07) is 2.18. The first kappa shape index (κ1) is 16.3. The Bertz CT molecular complexity index is 924. The zero-order valence-electron chi connectivity index (χ0n) is 15.4. The average molecular weight is 345 g/mol. The van der Waals surface area contributed by atoms with E-state index < -0.39 is 0 Å². The lowest BCUT2D eigenvalue weighted by atomic mass is 10.0. The number of aryl methyl sites for hydroxylation is 2. The number of rotatable bonds is 0. The molecular formula is C18H24FN5O. The Hall–Kier alpha value is -2.15. The molecule has 4 heterocycles. The summed E-state index contributed by atoms with van der Waals surface area (Å²) < 4.78 is 15.9. The van der Waals surface area contributed by atoms with Crippen molar-refractivity contribution in [2.75, 3.05) is 43.5 Å². The first-order valence-corrected chi connectivity index (χ1v) is 8.67. The number of hydrogen-bond acceptors (Lipinski definition) is 5. The zero-order valence-corrected chi connectivity index (χ0v) is 15.4. The number of nitrogens with zero attached hydrogens (tertiary/aromatic N) is 5. The van der Waals surface area contributed by atoms with Crippen LogP contribution >= 0.6 is 0 Å². The summed E-state index contributed by atoms with van der Waals surface area (Å²) in [7, 11) is 5.78. The third-order valence-corrected chi connectivity index (χ3v) is 5.74. The predicted molar refractivity (Wildman–Crippen MR) is 98.2 cm³/mol. The highest BCUT2D eigenvalue weighted by Crippen LogP contribution is 2.39. The molecule has 0 N–H and O–H groups in total. The minimum Gasteiger partial charge on any atom is -0.366 e. The highest BCUT2D eigenvalue weighted by atomic mass is 19.1. The standard InChI is InChI=1S/C18H24FN5O/c1-10-7-24-12(8-21(10)3)9-22(4)16-15(24)13-6-14(19)11(2)20-17(13)23(5)18(16)25/h6,10,12H,7-9H2,1-5H3. The summed E-state index contributed by atoms with van der Waals surface area (Å²) in [4.78, 5) is 24.0. The van der Waals surface area contributed by atoms with E-state index in [-0.39, 0.29) is 17.4 Å². The van der Waals surface area contributed by atoms with Gasteiger partial charge < -0.3 is 9.80 Å². The number of piperazine rings is 1. The normalized spacial score (nSPS) is 23.8. The van der Waals surface area contributed by atoms with Crippen LogP contribution in [0.3, 0.4) is 0 Å². The van der Waals surface area contributed by atoms with E-state index in [9.17, 15) is 9.18 Å². The zero-order chi connectivity index (χ0) is 18.0. The predicted octanol–water partition coefficient (Wildman–Crippen LogP) is 1.34. The fraction of sp³-hybridized carbons (Fsp3) is 0.556. The molecule has 1 fully saturated rings. The summed E-state index contributed by atoms with van der Waals surface area (Å²) in [5.74, 6) is -0.333. The van der Waals surface area contributed by atoms with Crippen molar-refractivity contribution in [1.29, 1.82) is 0 Å². The topological polar surface area (TPSA) is 44.6 Å². The van der Waals surface area contributed by atoms with E-state index in [4.69, 9.17) is 0 Å². The Kier molecular flexibility index (Phi) is 3.54. The van der Waals surface area contributed by atoms with Crippen molar-refractivity contribution in [2.45, 2.75) is 25.9 Å². The highest BCUT2D eigenvalue weighted by molar-refractivity contribution is 5.98. The van der Waals surface area contributed by atoms with Crippen LogP contribution in [0.4, 0.5) is 15.8 Å². The molecule has 4 rings (SSSR count). The van der Waals surface area contributed by atoms with Crippen molar-refractivity contribution < 1.29 is 4.39 Å². The second-order valence-electron chi connectivity index (χ2n) is 7.46. The van der Waals surface area contributed by atoms with E-state index in [1.54, 1.807) is 14.0 Å². The molecule has 0 radical (unpaired) electrons. The van der Waals surface area contributed by atoms with Gasteiger partial charge in [0, 0.05) is 45.2 Å². The van der Waals surface area contributed by atoms with Gasteiger partial charge in [-0.05, 0) is 27.0 Å². The van der Waals surface area contributed by atoms with Crippen molar-refractivity contribution in [3.63, 3.8) is 0 Å². The molecule has 6 nitrogen and oxygen atoms in total. The van der Waals surface area contributed by atoms with Crippen molar-refractivity contribution in [3.05, 3.63) is 27.9 Å². The maximum atomic E-state index is 14.3. The van der Waals surface area contributed by atoms with Crippen LogP contribution in [0.5, 0.6) is 0 Å². The van der Waals surface area contributed by atoms with E-state index >= 15 is 0 Å². The van der Waals surface area contributed by atoms with Crippen LogP contribution < -0.4 is 15.4 Å². The fourth-order valence-corrected chi connectivity index (χ4v) is 4.14. The van der Waals surface area contributed by atoms with Crippen LogP contribution in [-0.2, 0) is 7.05 Å². The minimum absolute atomic E-state index is 0.0754. The molecule has 2 aromatic heterocycles. The second-order valence-corrected chi connectivity index (χ2v) is 7.46. The Morgan fingerprint density at radius 2 is 1.88 bits per heavy atom. The number of aromatic nitrogens is 2. The summed E-state index contributed by atoms with van der Waals surface area (Å²) in [5.41, 5.74) is 2.27. The highest BCUT2D eigenvalue weighted by Gasteiger charge is 2.38. The number of pyridine rings is 2. The van der Waals surface area contributed by atoms with Crippen LogP contribution in [-0.4, -0.2) is 60.3 Å². The van der Waals surface area contributed by atoms with E-state index in [0.29, 0.717) is 28.5 Å². The molecule has 25 heavy (non-hydrogen) atoms. The molecule has 2 aliphatic heterocycles. The van der Waals surface area contributed by atoms with Gasteiger partial charge in [0.2, 0.25) is 0 Å². The molecule has 134 valence electrons. The van der Waals surface area contributed by atoms with Crippen LogP contribution in [0.15, 0.2) is 10.9 Å². The van der Waals surface area contributed by atoms with Gasteiger partial charge in [0.1, 0.15) is 17.2 Å². The summed E-state index contributed by atoms with van der Waals surface area (Å²) in [6.07, 6.45) is 0. The molecule has 7 heteroatoms. The van der Waals surface area contributed by atoms with Gasteiger partial charge >= 0.3 is 0 Å². The van der Waals surface area contributed by atoms with Crippen molar-refractivity contribution >= 4 is 22.4 Å². The maximum Gasteiger partial charge on any atom is 0.277 e. The Morgan fingerprint density at radius 3 is 2.60 bits per heavy atom. The first-order chi connectivity index (χ1) is 11.8. The molecule has 2 unspecified atom stereocenters. The summed E-state index contributed by atoms with van der Waals surface area (Å²) in [5, 5.41) is 0.716. The summed E-state index contributed by atoms with van der Waals surface area (Å²) >= 11 is 0. The number of hydrogen-bond donors (Lipinski definition) is 0. The van der Waals surface area contributed by atoms with Crippen LogP contribution in [0.25, 0.3) is 11.0 Å². The number of fused-ring (bicyclic) bond motifs is 5. The van der Waals surface area contributed by atoms with Gasteiger partial charge in [-0.15, -0.1) is 0 Å². The van der Waals surface area contributed by atoms with Gasteiger partial charge in [-0.1, -0.05) is 0 Å². The SMILES string of the molecule is Cc1nc2c(cc1F)c1c(c(=O)n2C)N(C)CC2CN(C)C(C)CN12. The molecule has 0 spiro atoms. The second kappa shape index (κ2) is 5.42. The van der Waals surface area contributed by atoms with Crippen molar-refractivity contribution in [3.8, 4) is 0 Å². The van der Waals surface area contributed by atoms with Crippen LogP contribution in [0.1, 0.15) is 12.6 Å². The van der Waals surface area contributed by atoms with Gasteiger partial charge in [0.25, 0.3) is 5.56 Å². The Morgan fingerprint density at radius 1 is 1.16 bits per heavy atom. The molecule has 0 aliphatic carbocycles. The lowest BCUT2D eigenvalue weighted by Crippen LogP contribution is -2.62. The van der Waals surface area contributed by atoms with Crippen molar-refractivity contribution in [1.82, 2.24) is 14.5 Å². The molecule has 0 bridgehead atoms. The van der Waals surface area contributed by atoms with Crippen LogP contribution in [0, 0.1) is 12.7 Å². The molecule has 1 saturated heterocycles. The molecule has 0 amide bonds. The maximum absolute atomic E-state index is 14.3. The monoisotopic (exact) mass is 345 g/mol. The Balaban J connectivity index is 2.06. The lowest BCUT2D eigenvalue weighted by Gasteiger charge is -2.50. The fourth-order valence-electron chi connectivity index (χ4n) is 4.14. The smallest absolute Gasteiger partial charge is 0.277 e. The van der Waals surface area contributed by atoms with Gasteiger partial charge in [-0.25, -0.2) is 9.37 Å². The van der Waals surface area contributed by atoms with E-state index in [0.717, 1.165) is 25.3 Å². The van der Waals surface area contributed by atoms with Gasteiger partial charge in [-0.2, -0.15) is 0 Å². The third-order valence-electron chi connectivity index (χ3n) is 5.74. The van der Waals surface area contributed by atoms with E-state index in [1.165, 1.54) is 10.6 Å². The Labute approximate surface area is 146 Å². The molecular weight excluding hydrogens is 321 g/mol. The lowest BCUT2D eigenvalue weighted by molar-refractivity contribution is 0.199. The average Bonchev–Trinajstić information content (AvgIpc) is 2.55. The first-order valence-electron chi connectivity index (χ1n) is 8.67. The van der Waals surface area contributed by atoms with E-state index in [1.807, 2.05) is 11.9 Å². The number of likely N-dealkylation sites (N-methyl/N-ethyl adjacent to an activating group) is 2. The quantitative estimate of drug-likeness (QED) is 0.721. The minimum atomic E-state index is -0.333. The van der Waals surface area contributed by atoms with E-state index in [2.05, 4.69) is 28.8 Å². The van der Waals surface area contributed by atoms with Gasteiger partial charge in [0.05, 0.1) is 17.4 Å².